The van der Waals surface area contributed by atoms with Crippen LogP contribution in [0.3, 0.4) is 0 Å². The largest absolute Gasteiger partial charge is 0.360 e. The van der Waals surface area contributed by atoms with Crippen molar-refractivity contribution < 1.29 is 4.79 Å². The average molecular weight is 335 g/mol. The molecule has 0 saturated carbocycles. The second-order valence-electron chi connectivity index (χ2n) is 6.01. The Morgan fingerprint density at radius 1 is 1.12 bits per heavy atom. The summed E-state index contributed by atoms with van der Waals surface area (Å²) in [5.41, 5.74) is 2.75. The van der Waals surface area contributed by atoms with Crippen molar-refractivity contribution >= 4 is 16.8 Å². The molecule has 2 aromatic carbocycles. The zero-order chi connectivity index (χ0) is 17.8. The Morgan fingerprint density at radius 3 is 2.56 bits per heavy atom. The number of nitrogens with one attached hydrogen (secondary N) is 3. The summed E-state index contributed by atoms with van der Waals surface area (Å²) in [6, 6.07) is 15.5. The SMILES string of the molecule is CNC(C)c1ccc(CNC(=O)c2c[nH]c3ccccc3c2=O)cc1. The third-order valence-electron chi connectivity index (χ3n) is 4.40. The van der Waals surface area contributed by atoms with Gasteiger partial charge in [-0.1, -0.05) is 36.4 Å². The number of fused-ring (bicyclic) bond motifs is 1. The van der Waals surface area contributed by atoms with E-state index in [0.717, 1.165) is 11.1 Å². The van der Waals surface area contributed by atoms with Crippen molar-refractivity contribution in [2.75, 3.05) is 7.05 Å². The topological polar surface area (TPSA) is 74.0 Å². The third-order valence-corrected chi connectivity index (χ3v) is 4.40. The van der Waals surface area contributed by atoms with Gasteiger partial charge in [0.2, 0.25) is 5.43 Å². The molecule has 1 unspecified atom stereocenters. The maximum Gasteiger partial charge on any atom is 0.257 e. The summed E-state index contributed by atoms with van der Waals surface area (Å²) in [7, 11) is 1.92. The first-order valence-corrected chi connectivity index (χ1v) is 8.25. The number of rotatable bonds is 5. The second kappa shape index (κ2) is 7.32. The Labute approximate surface area is 146 Å². The van der Waals surface area contributed by atoms with Gasteiger partial charge in [0.05, 0.1) is 0 Å². The van der Waals surface area contributed by atoms with Gasteiger partial charge in [0.1, 0.15) is 5.56 Å². The summed E-state index contributed by atoms with van der Waals surface area (Å²) in [5, 5.41) is 6.51. The fraction of sp³-hybridized carbons (Fsp3) is 0.200. The van der Waals surface area contributed by atoms with Crippen LogP contribution in [0.4, 0.5) is 0 Å². The Hall–Kier alpha value is -2.92. The van der Waals surface area contributed by atoms with E-state index in [4.69, 9.17) is 0 Å². The van der Waals surface area contributed by atoms with Crippen LogP contribution in [-0.2, 0) is 6.54 Å². The molecule has 5 nitrogen and oxygen atoms in total. The highest BCUT2D eigenvalue weighted by Gasteiger charge is 2.12. The van der Waals surface area contributed by atoms with E-state index < -0.39 is 0 Å². The number of hydrogen-bond acceptors (Lipinski definition) is 3. The first-order chi connectivity index (χ1) is 12.1. The molecule has 1 heterocycles. The number of carbonyl (C=O) groups excluding carboxylic acids is 1. The van der Waals surface area contributed by atoms with Crippen LogP contribution in [0.25, 0.3) is 10.9 Å². The second-order valence-corrected chi connectivity index (χ2v) is 6.01. The van der Waals surface area contributed by atoms with Crippen LogP contribution in [0.2, 0.25) is 0 Å². The van der Waals surface area contributed by atoms with E-state index in [0.29, 0.717) is 11.9 Å². The average Bonchev–Trinajstić information content (AvgIpc) is 2.66. The molecule has 3 N–H and O–H groups in total. The zero-order valence-corrected chi connectivity index (χ0v) is 14.3. The molecule has 0 bridgehead atoms. The van der Waals surface area contributed by atoms with E-state index in [1.807, 2.05) is 43.4 Å². The molecule has 0 fully saturated rings. The van der Waals surface area contributed by atoms with E-state index in [1.165, 1.54) is 11.8 Å². The van der Waals surface area contributed by atoms with Gasteiger partial charge >= 0.3 is 0 Å². The molecule has 0 aliphatic heterocycles. The summed E-state index contributed by atoms with van der Waals surface area (Å²) in [6.45, 7) is 2.46. The van der Waals surface area contributed by atoms with E-state index in [1.54, 1.807) is 12.1 Å². The van der Waals surface area contributed by atoms with Crippen LogP contribution in [0, 0.1) is 0 Å². The molecule has 0 radical (unpaired) electrons. The summed E-state index contributed by atoms with van der Waals surface area (Å²) in [6.07, 6.45) is 1.47. The molecular formula is C20H21N3O2. The van der Waals surface area contributed by atoms with Gasteiger partial charge in [-0.3, -0.25) is 9.59 Å². The molecule has 0 aliphatic carbocycles. The molecular weight excluding hydrogens is 314 g/mol. The standard InChI is InChI=1S/C20H21N3O2/c1-13(21-2)15-9-7-14(8-10-15)11-23-20(25)17-12-22-18-6-4-3-5-16(18)19(17)24/h3-10,12-13,21H,11H2,1-2H3,(H,22,24)(H,23,25). The number of H-pyrrole nitrogens is 1. The van der Waals surface area contributed by atoms with Crippen molar-refractivity contribution in [2.45, 2.75) is 19.5 Å². The molecule has 3 aromatic rings. The number of hydrogen-bond donors (Lipinski definition) is 3. The molecule has 1 atom stereocenters. The maximum absolute atomic E-state index is 12.4. The first-order valence-electron chi connectivity index (χ1n) is 8.25. The van der Waals surface area contributed by atoms with Crippen LogP contribution in [0.1, 0.15) is 34.5 Å². The van der Waals surface area contributed by atoms with Crippen LogP contribution < -0.4 is 16.1 Å². The van der Waals surface area contributed by atoms with Gasteiger partial charge in [-0.2, -0.15) is 0 Å². The summed E-state index contributed by atoms with van der Waals surface area (Å²) in [5.74, 6) is -0.375. The van der Waals surface area contributed by atoms with Crippen molar-refractivity contribution in [1.82, 2.24) is 15.6 Å². The highest BCUT2D eigenvalue weighted by atomic mass is 16.2. The molecule has 0 aliphatic rings. The minimum Gasteiger partial charge on any atom is -0.360 e. The van der Waals surface area contributed by atoms with Gasteiger partial charge in [-0.25, -0.2) is 0 Å². The van der Waals surface area contributed by atoms with Crippen LogP contribution in [0.15, 0.2) is 59.5 Å². The minimum absolute atomic E-state index is 0.124. The zero-order valence-electron chi connectivity index (χ0n) is 14.3. The molecule has 0 saturated heterocycles. The molecule has 1 aromatic heterocycles. The Morgan fingerprint density at radius 2 is 1.84 bits per heavy atom. The molecule has 25 heavy (non-hydrogen) atoms. The monoisotopic (exact) mass is 335 g/mol. The summed E-state index contributed by atoms with van der Waals surface area (Å²) < 4.78 is 0. The number of amides is 1. The number of aromatic nitrogens is 1. The Kier molecular flexibility index (Phi) is 4.95. The predicted octanol–water partition coefficient (Wildman–Crippen LogP) is 2.74. The number of carbonyl (C=O) groups is 1. The van der Waals surface area contributed by atoms with Crippen LogP contribution in [0.5, 0.6) is 0 Å². The third kappa shape index (κ3) is 3.61. The number of aromatic amines is 1. The van der Waals surface area contributed by atoms with Gasteiger partial charge in [-0.05, 0) is 37.2 Å². The summed E-state index contributed by atoms with van der Waals surface area (Å²) in [4.78, 5) is 27.8. The molecule has 1 amide bonds. The fourth-order valence-corrected chi connectivity index (χ4v) is 2.70. The van der Waals surface area contributed by atoms with E-state index >= 15 is 0 Å². The van der Waals surface area contributed by atoms with Gasteiger partial charge in [0.25, 0.3) is 5.91 Å². The quantitative estimate of drug-likeness (QED) is 0.671. The minimum atomic E-state index is -0.375. The van der Waals surface area contributed by atoms with Gasteiger partial charge in [-0.15, -0.1) is 0 Å². The van der Waals surface area contributed by atoms with Gasteiger partial charge < -0.3 is 15.6 Å². The van der Waals surface area contributed by atoms with Crippen molar-refractivity contribution in [3.8, 4) is 0 Å². The van der Waals surface area contributed by atoms with Crippen molar-refractivity contribution in [3.05, 3.63) is 81.6 Å². The summed E-state index contributed by atoms with van der Waals surface area (Å²) >= 11 is 0. The van der Waals surface area contributed by atoms with E-state index in [-0.39, 0.29) is 22.9 Å². The van der Waals surface area contributed by atoms with Crippen LogP contribution >= 0.6 is 0 Å². The molecule has 128 valence electrons. The van der Waals surface area contributed by atoms with E-state index in [9.17, 15) is 9.59 Å². The maximum atomic E-state index is 12.4. The van der Waals surface area contributed by atoms with Crippen molar-refractivity contribution in [3.63, 3.8) is 0 Å². The number of benzene rings is 2. The first kappa shape index (κ1) is 16.9. The molecule has 3 rings (SSSR count). The highest BCUT2D eigenvalue weighted by molar-refractivity contribution is 5.97. The molecule has 5 heteroatoms. The predicted molar refractivity (Wildman–Crippen MR) is 99.7 cm³/mol. The van der Waals surface area contributed by atoms with Crippen molar-refractivity contribution in [1.29, 1.82) is 0 Å². The van der Waals surface area contributed by atoms with Crippen LogP contribution in [-0.4, -0.2) is 17.9 Å². The smallest absolute Gasteiger partial charge is 0.257 e. The number of pyridine rings is 1. The van der Waals surface area contributed by atoms with Gasteiger partial charge in [0, 0.05) is 29.7 Å². The highest BCUT2D eigenvalue weighted by Crippen LogP contribution is 2.13. The lowest BCUT2D eigenvalue weighted by molar-refractivity contribution is 0.0949. The van der Waals surface area contributed by atoms with E-state index in [2.05, 4.69) is 22.5 Å². The molecule has 0 spiro atoms. The van der Waals surface area contributed by atoms with Gasteiger partial charge in [0.15, 0.2) is 0 Å². The normalized spacial score (nSPS) is 12.1. The number of para-hydroxylation sites is 1. The Balaban J connectivity index is 1.73. The lowest BCUT2D eigenvalue weighted by Gasteiger charge is -2.11. The lowest BCUT2D eigenvalue weighted by Crippen LogP contribution is -2.28. The van der Waals surface area contributed by atoms with Crippen molar-refractivity contribution in [2.24, 2.45) is 0 Å². The Bertz CT molecular complexity index is 945. The fourth-order valence-electron chi connectivity index (χ4n) is 2.70. The lowest BCUT2D eigenvalue weighted by atomic mass is 10.1.